The Kier molecular flexibility index (Phi) is 3.55. The Bertz CT molecular complexity index is 510. The van der Waals surface area contributed by atoms with Gasteiger partial charge in [0.1, 0.15) is 11.3 Å². The lowest BCUT2D eigenvalue weighted by Gasteiger charge is -2.34. The first-order chi connectivity index (χ1) is 9.22. The molecule has 19 heavy (non-hydrogen) atoms. The normalized spacial score (nSPS) is 19.9. The molecule has 2 aromatic rings. The molecule has 2 heterocycles. The predicted octanol–water partition coefficient (Wildman–Crippen LogP) is 2.25. The number of hydrazine groups is 1. The minimum atomic E-state index is 0.204. The number of para-hydroxylation sites is 1. The van der Waals surface area contributed by atoms with Crippen LogP contribution in [0.4, 0.5) is 0 Å². The maximum absolute atomic E-state index is 5.89. The maximum Gasteiger partial charge on any atom is 0.134 e. The number of nitrogens with zero attached hydrogens (tertiary/aromatic N) is 2. The van der Waals surface area contributed by atoms with Crippen molar-refractivity contribution in [1.29, 1.82) is 0 Å². The van der Waals surface area contributed by atoms with Crippen molar-refractivity contribution in [2.75, 3.05) is 33.2 Å². The highest BCUT2D eigenvalue weighted by molar-refractivity contribution is 5.77. The van der Waals surface area contributed by atoms with Crippen molar-refractivity contribution in [2.45, 2.75) is 13.0 Å². The first-order valence-electron chi connectivity index (χ1n) is 6.90. The van der Waals surface area contributed by atoms with Crippen LogP contribution in [0.1, 0.15) is 18.7 Å². The van der Waals surface area contributed by atoms with Crippen molar-refractivity contribution in [3.63, 3.8) is 0 Å². The smallest absolute Gasteiger partial charge is 0.134 e. The van der Waals surface area contributed by atoms with Gasteiger partial charge in [-0.2, -0.15) is 0 Å². The predicted molar refractivity (Wildman–Crippen MR) is 76.8 cm³/mol. The van der Waals surface area contributed by atoms with E-state index < -0.39 is 0 Å². The van der Waals surface area contributed by atoms with Crippen LogP contribution < -0.4 is 5.43 Å². The SMILES string of the molecule is CC(NN1CCN(C)CC1)c1cc2ccccc2o1. The van der Waals surface area contributed by atoms with E-state index in [1.165, 1.54) is 5.39 Å². The summed E-state index contributed by atoms with van der Waals surface area (Å²) in [6, 6.07) is 10.5. The van der Waals surface area contributed by atoms with Gasteiger partial charge in [0, 0.05) is 31.6 Å². The van der Waals surface area contributed by atoms with Gasteiger partial charge in [0.15, 0.2) is 0 Å². The van der Waals surface area contributed by atoms with Gasteiger partial charge in [-0.3, -0.25) is 0 Å². The van der Waals surface area contributed by atoms with Crippen LogP contribution in [-0.2, 0) is 0 Å². The molecule has 4 nitrogen and oxygen atoms in total. The number of piperazine rings is 1. The van der Waals surface area contributed by atoms with Crippen LogP contribution >= 0.6 is 0 Å². The minimum Gasteiger partial charge on any atom is -0.459 e. The van der Waals surface area contributed by atoms with Gasteiger partial charge in [-0.25, -0.2) is 10.4 Å². The van der Waals surface area contributed by atoms with Crippen LogP contribution in [0.25, 0.3) is 11.0 Å². The average Bonchev–Trinajstić information content (AvgIpc) is 2.85. The third-order valence-electron chi connectivity index (χ3n) is 3.75. The standard InChI is InChI=1S/C15H21N3O/c1-12(16-18-9-7-17(2)8-10-18)15-11-13-5-3-4-6-14(13)19-15/h3-6,11-12,16H,7-10H2,1-2H3. The molecule has 1 aliphatic rings. The van der Waals surface area contributed by atoms with Crippen molar-refractivity contribution in [2.24, 2.45) is 0 Å². The summed E-state index contributed by atoms with van der Waals surface area (Å²) >= 11 is 0. The molecule has 1 aromatic carbocycles. The molecule has 0 saturated carbocycles. The Balaban J connectivity index is 1.68. The summed E-state index contributed by atoms with van der Waals surface area (Å²) in [6.07, 6.45) is 0. The summed E-state index contributed by atoms with van der Waals surface area (Å²) in [5.74, 6) is 1.00. The number of furan rings is 1. The van der Waals surface area contributed by atoms with E-state index in [1.807, 2.05) is 18.2 Å². The minimum absolute atomic E-state index is 0.204. The number of benzene rings is 1. The van der Waals surface area contributed by atoms with Crippen molar-refractivity contribution in [1.82, 2.24) is 15.3 Å². The van der Waals surface area contributed by atoms with Gasteiger partial charge in [0.2, 0.25) is 0 Å². The van der Waals surface area contributed by atoms with Crippen LogP contribution in [0.2, 0.25) is 0 Å². The fraction of sp³-hybridized carbons (Fsp3) is 0.467. The molecule has 1 unspecified atom stereocenters. The Hall–Kier alpha value is -1.36. The van der Waals surface area contributed by atoms with Crippen LogP contribution in [0.3, 0.4) is 0 Å². The second-order valence-electron chi connectivity index (χ2n) is 5.33. The van der Waals surface area contributed by atoms with E-state index in [4.69, 9.17) is 4.42 Å². The largest absolute Gasteiger partial charge is 0.459 e. The molecule has 3 rings (SSSR count). The molecule has 1 aromatic heterocycles. The Morgan fingerprint density at radius 1 is 1.16 bits per heavy atom. The lowest BCUT2D eigenvalue weighted by molar-refractivity contribution is 0.0860. The molecule has 1 fully saturated rings. The highest BCUT2D eigenvalue weighted by Gasteiger charge is 2.18. The highest BCUT2D eigenvalue weighted by atomic mass is 16.3. The molecule has 4 heteroatoms. The monoisotopic (exact) mass is 259 g/mol. The number of likely N-dealkylation sites (N-methyl/N-ethyl adjacent to an activating group) is 1. The summed E-state index contributed by atoms with van der Waals surface area (Å²) < 4.78 is 5.89. The fourth-order valence-electron chi connectivity index (χ4n) is 2.49. The highest BCUT2D eigenvalue weighted by Crippen LogP contribution is 2.23. The Morgan fingerprint density at radius 3 is 2.63 bits per heavy atom. The van der Waals surface area contributed by atoms with Crippen molar-refractivity contribution in [3.05, 3.63) is 36.1 Å². The third kappa shape index (κ3) is 2.81. The molecular weight excluding hydrogens is 238 g/mol. The van der Waals surface area contributed by atoms with Gasteiger partial charge < -0.3 is 9.32 Å². The number of fused-ring (bicyclic) bond motifs is 1. The molecule has 0 amide bonds. The van der Waals surface area contributed by atoms with E-state index in [2.05, 4.69) is 41.4 Å². The lowest BCUT2D eigenvalue weighted by atomic mass is 10.2. The van der Waals surface area contributed by atoms with Gasteiger partial charge in [0.25, 0.3) is 0 Å². The number of hydrogen-bond donors (Lipinski definition) is 1. The van der Waals surface area contributed by atoms with Crippen LogP contribution in [-0.4, -0.2) is 43.1 Å². The van der Waals surface area contributed by atoms with Crippen LogP contribution in [0.15, 0.2) is 34.7 Å². The zero-order valence-electron chi connectivity index (χ0n) is 11.6. The van der Waals surface area contributed by atoms with Crippen molar-refractivity contribution >= 4 is 11.0 Å². The summed E-state index contributed by atoms with van der Waals surface area (Å²) in [5.41, 5.74) is 4.49. The number of nitrogens with one attached hydrogen (secondary N) is 1. The molecule has 0 bridgehead atoms. The van der Waals surface area contributed by atoms with E-state index in [0.717, 1.165) is 37.5 Å². The molecule has 0 aliphatic carbocycles. The summed E-state index contributed by atoms with van der Waals surface area (Å²) in [4.78, 5) is 2.35. The van der Waals surface area contributed by atoms with E-state index >= 15 is 0 Å². The maximum atomic E-state index is 5.89. The second-order valence-corrected chi connectivity index (χ2v) is 5.33. The fourth-order valence-corrected chi connectivity index (χ4v) is 2.49. The van der Waals surface area contributed by atoms with Crippen LogP contribution in [0.5, 0.6) is 0 Å². The van der Waals surface area contributed by atoms with Crippen molar-refractivity contribution in [3.8, 4) is 0 Å². The molecule has 102 valence electrons. The van der Waals surface area contributed by atoms with Gasteiger partial charge in [0.05, 0.1) is 6.04 Å². The molecule has 1 saturated heterocycles. The van der Waals surface area contributed by atoms with E-state index in [1.54, 1.807) is 0 Å². The molecule has 0 radical (unpaired) electrons. The van der Waals surface area contributed by atoms with Gasteiger partial charge in [-0.15, -0.1) is 0 Å². The first-order valence-corrected chi connectivity index (χ1v) is 6.90. The summed E-state index contributed by atoms with van der Waals surface area (Å²) in [5, 5.41) is 3.46. The summed E-state index contributed by atoms with van der Waals surface area (Å²) in [7, 11) is 2.17. The molecule has 0 spiro atoms. The number of rotatable bonds is 3. The number of hydrogen-bond acceptors (Lipinski definition) is 4. The summed E-state index contributed by atoms with van der Waals surface area (Å²) in [6.45, 7) is 6.48. The Labute approximate surface area is 113 Å². The molecule has 1 atom stereocenters. The molecule has 1 N–H and O–H groups in total. The average molecular weight is 259 g/mol. The van der Waals surface area contributed by atoms with Crippen molar-refractivity contribution < 1.29 is 4.42 Å². The van der Waals surface area contributed by atoms with Crippen LogP contribution in [0, 0.1) is 0 Å². The van der Waals surface area contributed by atoms with E-state index in [-0.39, 0.29) is 6.04 Å². The quantitative estimate of drug-likeness (QED) is 0.916. The zero-order valence-corrected chi connectivity index (χ0v) is 11.6. The Morgan fingerprint density at radius 2 is 1.89 bits per heavy atom. The first kappa shape index (κ1) is 12.7. The lowest BCUT2D eigenvalue weighted by Crippen LogP contribution is -2.51. The molecular formula is C15H21N3O. The zero-order chi connectivity index (χ0) is 13.2. The van der Waals surface area contributed by atoms with E-state index in [9.17, 15) is 0 Å². The van der Waals surface area contributed by atoms with Gasteiger partial charge in [-0.05, 0) is 26.1 Å². The van der Waals surface area contributed by atoms with Gasteiger partial charge in [-0.1, -0.05) is 18.2 Å². The topological polar surface area (TPSA) is 31.6 Å². The second kappa shape index (κ2) is 5.33. The molecule has 1 aliphatic heterocycles. The van der Waals surface area contributed by atoms with Gasteiger partial charge >= 0.3 is 0 Å². The third-order valence-corrected chi connectivity index (χ3v) is 3.75. The van der Waals surface area contributed by atoms with E-state index in [0.29, 0.717) is 0 Å².